The number of rotatable bonds is 0. The molecule has 0 N–H and O–H groups in total. The van der Waals surface area contributed by atoms with E-state index < -0.39 is 0 Å². The van der Waals surface area contributed by atoms with Crippen molar-refractivity contribution in [2.75, 3.05) is 0 Å². The zero-order chi connectivity index (χ0) is 9.38. The maximum atomic E-state index is 3.24. The number of fused-ring (bicyclic) bond motifs is 3. The van der Waals surface area contributed by atoms with E-state index in [1.807, 2.05) is 18.2 Å². The van der Waals surface area contributed by atoms with Crippen molar-refractivity contribution in [3.63, 3.8) is 0 Å². The maximum Gasteiger partial charge on any atom is -0.00199 e. The molecule has 0 saturated heterocycles. The molecular weight excluding hydrogens is 168 g/mol. The average molecular weight is 176 g/mol. The monoisotopic (exact) mass is 176 g/mol. The van der Waals surface area contributed by atoms with Crippen LogP contribution in [0.5, 0.6) is 0 Å². The van der Waals surface area contributed by atoms with E-state index in [4.69, 9.17) is 0 Å². The zero-order valence-electron chi connectivity index (χ0n) is 7.62. The fourth-order valence-corrected chi connectivity index (χ4v) is 1.80. The van der Waals surface area contributed by atoms with Crippen molar-refractivity contribution in [1.29, 1.82) is 0 Å². The lowest BCUT2D eigenvalue weighted by molar-refractivity contribution is 1.75. The van der Waals surface area contributed by atoms with Crippen LogP contribution in [0, 0.1) is 12.1 Å². The van der Waals surface area contributed by atoms with Crippen molar-refractivity contribution in [3.05, 3.63) is 60.7 Å². The summed E-state index contributed by atoms with van der Waals surface area (Å²) in [5.74, 6) is 0. The smallest absolute Gasteiger partial charge is 0.00199 e. The average Bonchev–Trinajstić information content (AvgIpc) is 2.29. The summed E-state index contributed by atoms with van der Waals surface area (Å²) in [5.41, 5.74) is 0. The molecule has 0 unspecified atom stereocenters. The topological polar surface area (TPSA) is 0 Å². The molecule has 0 aliphatic heterocycles. The second-order valence-electron chi connectivity index (χ2n) is 3.33. The van der Waals surface area contributed by atoms with Gasteiger partial charge in [0.1, 0.15) is 0 Å². The molecule has 0 atom stereocenters. The molecule has 3 rings (SSSR count). The third kappa shape index (κ3) is 1.01. The van der Waals surface area contributed by atoms with Gasteiger partial charge in [0, 0.05) is 0 Å². The van der Waals surface area contributed by atoms with Crippen LogP contribution in [0.1, 0.15) is 0 Å². The zero-order valence-corrected chi connectivity index (χ0v) is 7.62. The number of hydrogen-bond donors (Lipinski definition) is 0. The van der Waals surface area contributed by atoms with E-state index >= 15 is 0 Å². The van der Waals surface area contributed by atoms with Gasteiger partial charge in [0.15, 0.2) is 0 Å². The van der Waals surface area contributed by atoms with Crippen molar-refractivity contribution in [2.45, 2.75) is 0 Å². The van der Waals surface area contributed by atoms with E-state index in [2.05, 4.69) is 42.5 Å². The quantitative estimate of drug-likeness (QED) is 0.459. The van der Waals surface area contributed by atoms with Crippen LogP contribution in [0.4, 0.5) is 0 Å². The predicted molar refractivity (Wildman–Crippen MR) is 59.1 cm³/mol. The molecule has 0 heteroatoms. The van der Waals surface area contributed by atoms with Crippen molar-refractivity contribution in [1.82, 2.24) is 0 Å². The minimum atomic E-state index is 1.06. The lowest BCUT2D eigenvalue weighted by Gasteiger charge is -2.01. The number of benzene rings is 3. The Morgan fingerprint density at radius 1 is 0.786 bits per heavy atom. The molecule has 14 heavy (non-hydrogen) atoms. The van der Waals surface area contributed by atoms with Crippen LogP contribution in [-0.4, -0.2) is 0 Å². The first-order valence-corrected chi connectivity index (χ1v) is 4.65. The second-order valence-corrected chi connectivity index (χ2v) is 3.33. The lowest BCUT2D eigenvalue weighted by Crippen LogP contribution is -1.76. The van der Waals surface area contributed by atoms with Gasteiger partial charge in [-0.15, -0.1) is 0 Å². The van der Waals surface area contributed by atoms with E-state index in [0.29, 0.717) is 0 Å². The summed E-state index contributed by atoms with van der Waals surface area (Å²) >= 11 is 0. The predicted octanol–water partition coefficient (Wildman–Crippen LogP) is 3.59. The minimum absolute atomic E-state index is 1.06. The van der Waals surface area contributed by atoms with Gasteiger partial charge < -0.3 is 0 Å². The van der Waals surface area contributed by atoms with Crippen LogP contribution in [0.15, 0.2) is 48.5 Å². The van der Waals surface area contributed by atoms with Crippen molar-refractivity contribution < 1.29 is 0 Å². The molecule has 0 aliphatic carbocycles. The molecule has 3 aromatic carbocycles. The lowest BCUT2D eigenvalue weighted by atomic mass is 10.0. The Labute approximate surface area is 82.8 Å². The molecule has 0 nitrogen and oxygen atoms in total. The fraction of sp³-hybridized carbons (Fsp3) is 0. The van der Waals surface area contributed by atoms with Crippen LogP contribution in [0.25, 0.3) is 21.5 Å². The summed E-state index contributed by atoms with van der Waals surface area (Å²) in [6, 6.07) is 22.9. The first kappa shape index (κ1) is 7.57. The van der Waals surface area contributed by atoms with E-state index in [1.165, 1.54) is 16.2 Å². The van der Waals surface area contributed by atoms with Crippen molar-refractivity contribution in [3.8, 4) is 0 Å². The van der Waals surface area contributed by atoms with Crippen LogP contribution < -0.4 is 0 Å². The van der Waals surface area contributed by atoms with E-state index in [1.54, 1.807) is 0 Å². The van der Waals surface area contributed by atoms with Gasteiger partial charge in [-0.25, -0.2) is 0 Å². The minimum Gasteiger partial charge on any atom is -0.0616 e. The summed E-state index contributed by atoms with van der Waals surface area (Å²) < 4.78 is 0. The van der Waals surface area contributed by atoms with Crippen LogP contribution in [0.3, 0.4) is 0 Å². The van der Waals surface area contributed by atoms with Gasteiger partial charge in [0.2, 0.25) is 0 Å². The Bertz CT molecular complexity index is 539. The van der Waals surface area contributed by atoms with Gasteiger partial charge >= 0.3 is 0 Å². The summed E-state index contributed by atoms with van der Waals surface area (Å²) in [5, 5.41) is 4.80. The van der Waals surface area contributed by atoms with Gasteiger partial charge in [-0.3, -0.25) is 0 Å². The summed E-state index contributed by atoms with van der Waals surface area (Å²) in [4.78, 5) is 0. The molecule has 0 amide bonds. The van der Waals surface area contributed by atoms with Crippen molar-refractivity contribution in [2.24, 2.45) is 0 Å². The second kappa shape index (κ2) is 2.85. The van der Waals surface area contributed by atoms with E-state index in [9.17, 15) is 0 Å². The molecule has 0 bridgehead atoms. The molecule has 3 aromatic rings. The molecule has 0 spiro atoms. The van der Waals surface area contributed by atoms with Gasteiger partial charge in [0.25, 0.3) is 0 Å². The maximum absolute atomic E-state index is 3.24. The SMILES string of the molecule is [c]1cccc2c1[c]cc1ccccc12. The van der Waals surface area contributed by atoms with Gasteiger partial charge in [-0.1, -0.05) is 42.5 Å². The molecule has 64 valence electrons. The highest BCUT2D eigenvalue weighted by Gasteiger charge is 1.97. The first-order chi connectivity index (χ1) is 6.95. The number of hydrogen-bond acceptors (Lipinski definition) is 0. The highest BCUT2D eigenvalue weighted by Crippen LogP contribution is 2.23. The van der Waals surface area contributed by atoms with Crippen LogP contribution >= 0.6 is 0 Å². The Morgan fingerprint density at radius 2 is 1.64 bits per heavy atom. The van der Waals surface area contributed by atoms with E-state index in [-0.39, 0.29) is 0 Å². The third-order valence-electron chi connectivity index (χ3n) is 2.48. The standard InChI is InChI=1S/C14H8/c1-3-7-13-11(5-1)9-10-12-6-2-4-8-14(12)13/h1-5,7-9H. The molecular formula is C14H8. The molecule has 0 saturated carbocycles. The largest absolute Gasteiger partial charge is 0.0616 e. The molecule has 0 heterocycles. The molecule has 0 fully saturated rings. The fourth-order valence-electron chi connectivity index (χ4n) is 1.80. The highest BCUT2D eigenvalue weighted by atomic mass is 14.0. The Hall–Kier alpha value is -1.82. The first-order valence-electron chi connectivity index (χ1n) is 4.65. The molecule has 0 aliphatic rings. The third-order valence-corrected chi connectivity index (χ3v) is 2.48. The highest BCUT2D eigenvalue weighted by molar-refractivity contribution is 6.06. The summed E-state index contributed by atoms with van der Waals surface area (Å²) in [7, 11) is 0. The van der Waals surface area contributed by atoms with Crippen LogP contribution in [-0.2, 0) is 0 Å². The van der Waals surface area contributed by atoms with Gasteiger partial charge in [-0.05, 0) is 39.7 Å². The summed E-state index contributed by atoms with van der Waals surface area (Å²) in [6.07, 6.45) is 0. The Balaban J connectivity index is 2.61. The van der Waals surface area contributed by atoms with E-state index in [0.717, 1.165) is 5.39 Å². The molecule has 2 radical (unpaired) electrons. The van der Waals surface area contributed by atoms with Crippen LogP contribution in [0.2, 0.25) is 0 Å². The normalized spacial score (nSPS) is 10.9. The Kier molecular flexibility index (Phi) is 1.54. The van der Waals surface area contributed by atoms with Gasteiger partial charge in [-0.2, -0.15) is 0 Å². The summed E-state index contributed by atoms with van der Waals surface area (Å²) in [6.45, 7) is 0. The molecule has 0 aromatic heterocycles. The van der Waals surface area contributed by atoms with Gasteiger partial charge in [0.05, 0.1) is 0 Å². The Morgan fingerprint density at radius 3 is 2.64 bits per heavy atom. The van der Waals surface area contributed by atoms with Crippen molar-refractivity contribution >= 4 is 21.5 Å².